The Balaban J connectivity index is 2.80. The molecule has 1 rings (SSSR count). The third-order valence-corrected chi connectivity index (χ3v) is 4.07. The predicted octanol–water partition coefficient (Wildman–Crippen LogP) is 4.16. The minimum Gasteiger partial charge on any atom is -0.343 e. The highest BCUT2D eigenvalue weighted by Crippen LogP contribution is 2.34. The lowest BCUT2D eigenvalue weighted by molar-refractivity contribution is -0.122. The Morgan fingerprint density at radius 1 is 1.56 bits per heavy atom. The number of nitrogens with one attached hydrogen (secondary N) is 1. The van der Waals surface area contributed by atoms with Crippen molar-refractivity contribution in [3.05, 3.63) is 24.3 Å². The van der Waals surface area contributed by atoms with Gasteiger partial charge in [0, 0.05) is 0 Å². The van der Waals surface area contributed by atoms with Gasteiger partial charge in [0.05, 0.1) is 5.54 Å². The van der Waals surface area contributed by atoms with E-state index in [9.17, 15) is 4.79 Å². The molecule has 1 amide bonds. The molecule has 2 nitrogen and oxygen atoms in total. The number of halogens is 3. The molecule has 102 valence electrons. The molecule has 0 fully saturated rings. The maximum atomic E-state index is 11.8. The molecule has 0 aliphatic heterocycles. The minimum atomic E-state index is -1.94. The van der Waals surface area contributed by atoms with E-state index in [1.54, 1.807) is 6.08 Å². The molecule has 0 radical (unpaired) electrons. The largest absolute Gasteiger partial charge is 0.343 e. The average Bonchev–Trinajstić information content (AvgIpc) is 2.28. The van der Waals surface area contributed by atoms with Crippen molar-refractivity contribution in [1.29, 1.82) is 0 Å². The molecule has 0 heterocycles. The molecule has 0 aromatic carbocycles. The molecule has 0 bridgehead atoms. The highest BCUT2D eigenvalue weighted by molar-refractivity contribution is 6.76. The van der Waals surface area contributed by atoms with Gasteiger partial charge in [-0.1, -0.05) is 52.5 Å². The van der Waals surface area contributed by atoms with Gasteiger partial charge in [0.2, 0.25) is 0 Å². The van der Waals surface area contributed by atoms with Gasteiger partial charge in [-0.25, -0.2) is 0 Å². The number of hydrogen-bond donors (Lipinski definition) is 1. The van der Waals surface area contributed by atoms with Crippen LogP contribution in [0.4, 0.5) is 0 Å². The molecule has 18 heavy (non-hydrogen) atoms. The van der Waals surface area contributed by atoms with E-state index < -0.39 is 15.2 Å². The third kappa shape index (κ3) is 3.91. The summed E-state index contributed by atoms with van der Waals surface area (Å²) in [5.74, 6) is -0.337. The van der Waals surface area contributed by atoms with Crippen LogP contribution in [-0.4, -0.2) is 15.2 Å². The molecule has 1 aliphatic carbocycles. The number of amides is 1. The Labute approximate surface area is 123 Å². The first-order valence-corrected chi connectivity index (χ1v) is 7.01. The zero-order valence-corrected chi connectivity index (χ0v) is 12.9. The van der Waals surface area contributed by atoms with Crippen LogP contribution in [0.2, 0.25) is 0 Å². The standard InChI is InChI=1S/C13H18Cl3NO/c1-4-12(3,17-11(18)13(14,15)16)10-7-5-9(2)6-8-10/h4-5,10H,1,6-8H2,2-3H3,(H,17,18)/t10-,12?/m0/s1. The predicted molar refractivity (Wildman–Crippen MR) is 78.1 cm³/mol. The quantitative estimate of drug-likeness (QED) is 0.615. The van der Waals surface area contributed by atoms with Gasteiger partial charge in [-0.3, -0.25) is 4.79 Å². The maximum absolute atomic E-state index is 11.8. The SMILES string of the molecule is C=CC(C)(NC(=O)C(Cl)(Cl)Cl)[C@H]1CC=C(C)CC1. The van der Waals surface area contributed by atoms with Crippen molar-refractivity contribution in [3.63, 3.8) is 0 Å². The van der Waals surface area contributed by atoms with Crippen LogP contribution >= 0.6 is 34.8 Å². The van der Waals surface area contributed by atoms with E-state index >= 15 is 0 Å². The van der Waals surface area contributed by atoms with Crippen molar-refractivity contribution in [3.8, 4) is 0 Å². The van der Waals surface area contributed by atoms with Crippen molar-refractivity contribution >= 4 is 40.7 Å². The topological polar surface area (TPSA) is 29.1 Å². The summed E-state index contributed by atoms with van der Waals surface area (Å²) in [6.45, 7) is 7.82. The smallest absolute Gasteiger partial charge is 0.272 e. The monoisotopic (exact) mass is 309 g/mol. The van der Waals surface area contributed by atoms with Gasteiger partial charge >= 0.3 is 0 Å². The van der Waals surface area contributed by atoms with E-state index in [2.05, 4.69) is 24.9 Å². The Bertz CT molecular complexity index is 373. The molecule has 1 unspecified atom stereocenters. The first-order chi connectivity index (χ1) is 8.19. The van der Waals surface area contributed by atoms with Crippen molar-refractivity contribution in [1.82, 2.24) is 5.32 Å². The van der Waals surface area contributed by atoms with E-state index in [0.717, 1.165) is 19.3 Å². The van der Waals surface area contributed by atoms with Crippen LogP contribution in [0, 0.1) is 5.92 Å². The summed E-state index contributed by atoms with van der Waals surface area (Å²) in [5.41, 5.74) is 0.823. The minimum absolute atomic E-state index is 0.273. The number of hydrogen-bond acceptors (Lipinski definition) is 1. The van der Waals surface area contributed by atoms with Crippen LogP contribution < -0.4 is 5.32 Å². The lowest BCUT2D eigenvalue weighted by Gasteiger charge is -2.38. The van der Waals surface area contributed by atoms with Crippen LogP contribution in [0.25, 0.3) is 0 Å². The molecule has 0 aromatic rings. The number of alkyl halides is 3. The van der Waals surface area contributed by atoms with Crippen LogP contribution in [-0.2, 0) is 4.79 Å². The van der Waals surface area contributed by atoms with E-state index in [-0.39, 0.29) is 5.92 Å². The average molecular weight is 311 g/mol. The molecular weight excluding hydrogens is 293 g/mol. The zero-order valence-electron chi connectivity index (χ0n) is 10.6. The summed E-state index contributed by atoms with van der Waals surface area (Å²) >= 11 is 16.7. The van der Waals surface area contributed by atoms with Gasteiger partial charge in [0.25, 0.3) is 9.70 Å². The van der Waals surface area contributed by atoms with Gasteiger partial charge in [0.15, 0.2) is 0 Å². The van der Waals surface area contributed by atoms with Crippen molar-refractivity contribution in [2.24, 2.45) is 5.92 Å². The molecule has 1 N–H and O–H groups in total. The normalized spacial score (nSPS) is 23.8. The number of carbonyl (C=O) groups is 1. The summed E-state index contributed by atoms with van der Waals surface area (Å²) < 4.78 is -1.94. The maximum Gasteiger partial charge on any atom is 0.272 e. The Morgan fingerprint density at radius 3 is 2.56 bits per heavy atom. The van der Waals surface area contributed by atoms with E-state index in [4.69, 9.17) is 34.8 Å². The molecule has 0 saturated heterocycles. The molecule has 0 aromatic heterocycles. The second kappa shape index (κ2) is 5.85. The fraction of sp³-hybridized carbons (Fsp3) is 0.615. The Morgan fingerprint density at radius 2 is 2.17 bits per heavy atom. The zero-order chi connectivity index (χ0) is 14.0. The number of carbonyl (C=O) groups excluding carboxylic acids is 1. The first-order valence-electron chi connectivity index (χ1n) is 5.87. The summed E-state index contributed by atoms with van der Waals surface area (Å²) in [6.07, 6.45) is 6.83. The van der Waals surface area contributed by atoms with Gasteiger partial charge in [-0.05, 0) is 39.0 Å². The van der Waals surface area contributed by atoms with Gasteiger partial charge in [-0.2, -0.15) is 0 Å². The summed E-state index contributed by atoms with van der Waals surface area (Å²) in [4.78, 5) is 11.8. The Kier molecular flexibility index (Phi) is 5.16. The van der Waals surface area contributed by atoms with Gasteiger partial charge in [-0.15, -0.1) is 6.58 Å². The molecule has 2 atom stereocenters. The summed E-state index contributed by atoms with van der Waals surface area (Å²) in [6, 6.07) is 0. The van der Waals surface area contributed by atoms with Crippen LogP contribution in [0.5, 0.6) is 0 Å². The summed E-state index contributed by atoms with van der Waals surface area (Å²) in [5, 5.41) is 2.79. The second-order valence-corrected chi connectivity index (χ2v) is 7.24. The van der Waals surface area contributed by atoms with Gasteiger partial charge < -0.3 is 5.32 Å². The molecular formula is C13H18Cl3NO. The van der Waals surface area contributed by atoms with Crippen molar-refractivity contribution in [2.75, 3.05) is 0 Å². The van der Waals surface area contributed by atoms with E-state index in [1.807, 2.05) is 6.92 Å². The van der Waals surface area contributed by atoms with Crippen molar-refractivity contribution < 1.29 is 4.79 Å². The lowest BCUT2D eigenvalue weighted by atomic mass is 9.76. The van der Waals surface area contributed by atoms with Crippen molar-refractivity contribution in [2.45, 2.75) is 42.4 Å². The van der Waals surface area contributed by atoms with Crippen LogP contribution in [0.1, 0.15) is 33.1 Å². The fourth-order valence-corrected chi connectivity index (χ4v) is 2.29. The highest BCUT2D eigenvalue weighted by Gasteiger charge is 2.39. The molecule has 0 spiro atoms. The Hall–Kier alpha value is -0.180. The first kappa shape index (κ1) is 15.9. The second-order valence-electron chi connectivity index (χ2n) is 4.96. The number of allylic oxidation sites excluding steroid dienone is 2. The van der Waals surface area contributed by atoms with Crippen LogP contribution in [0.3, 0.4) is 0 Å². The molecule has 0 saturated carbocycles. The number of rotatable bonds is 3. The third-order valence-electron chi connectivity index (χ3n) is 3.55. The van der Waals surface area contributed by atoms with E-state index in [1.165, 1.54) is 5.57 Å². The highest BCUT2D eigenvalue weighted by atomic mass is 35.6. The fourth-order valence-electron chi connectivity index (χ4n) is 2.15. The van der Waals surface area contributed by atoms with Gasteiger partial charge in [0.1, 0.15) is 0 Å². The van der Waals surface area contributed by atoms with E-state index in [0.29, 0.717) is 0 Å². The molecule has 5 heteroatoms. The lowest BCUT2D eigenvalue weighted by Crippen LogP contribution is -2.53. The molecule has 1 aliphatic rings. The summed E-state index contributed by atoms with van der Waals surface area (Å²) in [7, 11) is 0. The van der Waals surface area contributed by atoms with Crippen LogP contribution in [0.15, 0.2) is 24.3 Å².